The Labute approximate surface area is 76.0 Å². The molecular formula is C9H10N2O2. The maximum absolute atomic E-state index is 10.5. The van der Waals surface area contributed by atoms with E-state index in [0.29, 0.717) is 19.5 Å². The van der Waals surface area contributed by atoms with E-state index in [0.717, 1.165) is 23.4 Å². The summed E-state index contributed by atoms with van der Waals surface area (Å²) in [5, 5.41) is 0. The number of ether oxygens (including phenoxy) is 1. The zero-order valence-corrected chi connectivity index (χ0v) is 7.41. The molecule has 2 heterocycles. The van der Waals surface area contributed by atoms with Crippen molar-refractivity contribution in [2.75, 3.05) is 6.61 Å². The number of aryl methyl sites for hydroxylation is 1. The normalized spacial score (nSPS) is 15.2. The average molecular weight is 178 g/mol. The van der Waals surface area contributed by atoms with Crippen LogP contribution in [0.3, 0.4) is 0 Å². The van der Waals surface area contributed by atoms with Gasteiger partial charge in [0.25, 0.3) is 0 Å². The summed E-state index contributed by atoms with van der Waals surface area (Å²) in [6.07, 6.45) is 1.46. The molecule has 13 heavy (non-hydrogen) atoms. The van der Waals surface area contributed by atoms with E-state index in [4.69, 9.17) is 4.74 Å². The first kappa shape index (κ1) is 8.31. The second-order valence-electron chi connectivity index (χ2n) is 3.01. The van der Waals surface area contributed by atoms with Gasteiger partial charge in [-0.3, -0.25) is 4.79 Å². The number of hydrogen-bond acceptors (Lipinski definition) is 4. The highest BCUT2D eigenvalue weighted by Crippen LogP contribution is 2.16. The van der Waals surface area contributed by atoms with Gasteiger partial charge in [0, 0.05) is 17.7 Å². The fourth-order valence-electron chi connectivity index (χ4n) is 1.47. The minimum absolute atomic E-state index is 0.276. The van der Waals surface area contributed by atoms with Gasteiger partial charge < -0.3 is 4.74 Å². The lowest BCUT2D eigenvalue weighted by molar-refractivity contribution is 0.106. The molecule has 1 aromatic rings. The van der Waals surface area contributed by atoms with E-state index in [1.807, 2.05) is 6.92 Å². The lowest BCUT2D eigenvalue weighted by atomic mass is 10.1. The molecule has 0 spiro atoms. The van der Waals surface area contributed by atoms with Crippen molar-refractivity contribution >= 4 is 6.29 Å². The Morgan fingerprint density at radius 2 is 2.31 bits per heavy atom. The summed E-state index contributed by atoms with van der Waals surface area (Å²) in [4.78, 5) is 18.7. The SMILES string of the molecule is Cc1nc(C=O)nc2c1COCC2. The average Bonchev–Trinajstić information content (AvgIpc) is 2.18. The molecule has 68 valence electrons. The van der Waals surface area contributed by atoms with E-state index >= 15 is 0 Å². The smallest absolute Gasteiger partial charge is 0.193 e. The van der Waals surface area contributed by atoms with Crippen molar-refractivity contribution in [3.8, 4) is 0 Å². The molecule has 0 amide bonds. The van der Waals surface area contributed by atoms with Crippen LogP contribution in [-0.2, 0) is 17.8 Å². The number of rotatable bonds is 1. The summed E-state index contributed by atoms with van der Waals surface area (Å²) in [6, 6.07) is 0. The van der Waals surface area contributed by atoms with E-state index in [1.54, 1.807) is 0 Å². The number of carbonyl (C=O) groups excluding carboxylic acids is 1. The van der Waals surface area contributed by atoms with Gasteiger partial charge in [-0.05, 0) is 6.92 Å². The minimum Gasteiger partial charge on any atom is -0.376 e. The van der Waals surface area contributed by atoms with Gasteiger partial charge in [0.15, 0.2) is 12.1 Å². The molecule has 0 saturated heterocycles. The van der Waals surface area contributed by atoms with Crippen molar-refractivity contribution in [2.45, 2.75) is 20.0 Å². The Kier molecular flexibility index (Phi) is 2.06. The Bertz CT molecular complexity index is 350. The summed E-state index contributed by atoms with van der Waals surface area (Å²) >= 11 is 0. The van der Waals surface area contributed by atoms with Gasteiger partial charge in [-0.15, -0.1) is 0 Å². The number of aldehydes is 1. The minimum atomic E-state index is 0.276. The third-order valence-electron chi connectivity index (χ3n) is 2.15. The summed E-state index contributed by atoms with van der Waals surface area (Å²) in [5.74, 6) is 0.276. The first-order valence-corrected chi connectivity index (χ1v) is 4.20. The van der Waals surface area contributed by atoms with E-state index in [9.17, 15) is 4.79 Å². The first-order chi connectivity index (χ1) is 6.31. The van der Waals surface area contributed by atoms with Crippen molar-refractivity contribution in [1.82, 2.24) is 9.97 Å². The number of aromatic nitrogens is 2. The van der Waals surface area contributed by atoms with Crippen LogP contribution in [0.25, 0.3) is 0 Å². The Hall–Kier alpha value is -1.29. The van der Waals surface area contributed by atoms with Crippen molar-refractivity contribution in [3.05, 3.63) is 22.8 Å². The Morgan fingerprint density at radius 1 is 1.46 bits per heavy atom. The summed E-state index contributed by atoms with van der Waals surface area (Å²) < 4.78 is 5.28. The monoisotopic (exact) mass is 178 g/mol. The molecule has 4 heteroatoms. The van der Waals surface area contributed by atoms with Crippen molar-refractivity contribution < 1.29 is 9.53 Å². The molecule has 0 N–H and O–H groups in total. The molecule has 0 aliphatic carbocycles. The van der Waals surface area contributed by atoms with Crippen molar-refractivity contribution in [1.29, 1.82) is 0 Å². The molecule has 0 saturated carbocycles. The van der Waals surface area contributed by atoms with Crippen LogP contribution in [0.1, 0.15) is 27.6 Å². The molecule has 0 fully saturated rings. The zero-order valence-electron chi connectivity index (χ0n) is 7.41. The standard InChI is InChI=1S/C9H10N2O2/c1-6-7-5-13-3-2-8(7)11-9(4-12)10-6/h4H,2-3,5H2,1H3. The quantitative estimate of drug-likeness (QED) is 0.593. The Morgan fingerprint density at radius 3 is 3.08 bits per heavy atom. The second kappa shape index (κ2) is 3.22. The van der Waals surface area contributed by atoms with E-state index in [1.165, 1.54) is 0 Å². The lowest BCUT2D eigenvalue weighted by Gasteiger charge is -2.16. The number of hydrogen-bond donors (Lipinski definition) is 0. The molecule has 1 aromatic heterocycles. The van der Waals surface area contributed by atoms with Gasteiger partial charge >= 0.3 is 0 Å². The highest BCUT2D eigenvalue weighted by Gasteiger charge is 2.15. The van der Waals surface area contributed by atoms with Gasteiger partial charge in [-0.2, -0.15) is 0 Å². The highest BCUT2D eigenvalue weighted by molar-refractivity contribution is 5.69. The van der Waals surface area contributed by atoms with Crippen LogP contribution in [0, 0.1) is 6.92 Å². The predicted octanol–water partition coefficient (Wildman–Crippen LogP) is 0.670. The number of nitrogens with zero attached hydrogens (tertiary/aromatic N) is 2. The second-order valence-corrected chi connectivity index (χ2v) is 3.01. The largest absolute Gasteiger partial charge is 0.376 e. The van der Waals surface area contributed by atoms with Crippen molar-refractivity contribution in [3.63, 3.8) is 0 Å². The topological polar surface area (TPSA) is 52.1 Å². The molecule has 0 unspecified atom stereocenters. The maximum atomic E-state index is 10.5. The fourth-order valence-corrected chi connectivity index (χ4v) is 1.47. The van der Waals surface area contributed by atoms with Crippen LogP contribution in [0.4, 0.5) is 0 Å². The number of carbonyl (C=O) groups is 1. The molecule has 4 nitrogen and oxygen atoms in total. The molecular weight excluding hydrogens is 168 g/mol. The van der Waals surface area contributed by atoms with Gasteiger partial charge in [0.1, 0.15) is 0 Å². The predicted molar refractivity (Wildman–Crippen MR) is 45.5 cm³/mol. The third kappa shape index (κ3) is 1.45. The van der Waals surface area contributed by atoms with E-state index in [2.05, 4.69) is 9.97 Å². The van der Waals surface area contributed by atoms with Crippen LogP contribution in [0.2, 0.25) is 0 Å². The zero-order chi connectivity index (χ0) is 9.26. The molecule has 0 aromatic carbocycles. The molecule has 1 aliphatic rings. The van der Waals surface area contributed by atoms with Gasteiger partial charge in [-0.25, -0.2) is 9.97 Å². The van der Waals surface area contributed by atoms with Gasteiger partial charge in [0.05, 0.1) is 18.9 Å². The highest BCUT2D eigenvalue weighted by atomic mass is 16.5. The van der Waals surface area contributed by atoms with Crippen LogP contribution >= 0.6 is 0 Å². The van der Waals surface area contributed by atoms with Crippen LogP contribution in [0.15, 0.2) is 0 Å². The van der Waals surface area contributed by atoms with Crippen molar-refractivity contribution in [2.24, 2.45) is 0 Å². The fraction of sp³-hybridized carbons (Fsp3) is 0.444. The summed E-state index contributed by atoms with van der Waals surface area (Å²) in [6.45, 7) is 3.13. The number of fused-ring (bicyclic) bond motifs is 1. The molecule has 2 rings (SSSR count). The van der Waals surface area contributed by atoms with Gasteiger partial charge in [-0.1, -0.05) is 0 Å². The van der Waals surface area contributed by atoms with E-state index < -0.39 is 0 Å². The van der Waals surface area contributed by atoms with Crippen LogP contribution in [-0.4, -0.2) is 22.9 Å². The molecule has 0 radical (unpaired) electrons. The molecule has 1 aliphatic heterocycles. The summed E-state index contributed by atoms with van der Waals surface area (Å²) in [5.41, 5.74) is 2.85. The Balaban J connectivity index is 2.52. The lowest BCUT2D eigenvalue weighted by Crippen LogP contribution is -2.16. The maximum Gasteiger partial charge on any atom is 0.193 e. The van der Waals surface area contributed by atoms with E-state index in [-0.39, 0.29) is 5.82 Å². The molecule has 0 atom stereocenters. The summed E-state index contributed by atoms with van der Waals surface area (Å²) in [7, 11) is 0. The van der Waals surface area contributed by atoms with Gasteiger partial charge in [0.2, 0.25) is 0 Å². The van der Waals surface area contributed by atoms with Crippen LogP contribution in [0.5, 0.6) is 0 Å². The third-order valence-corrected chi connectivity index (χ3v) is 2.15. The van der Waals surface area contributed by atoms with Crippen LogP contribution < -0.4 is 0 Å². The molecule has 0 bridgehead atoms. The first-order valence-electron chi connectivity index (χ1n) is 4.20.